The molecule has 3 aromatic rings. The van der Waals surface area contributed by atoms with Crippen molar-refractivity contribution in [2.24, 2.45) is 0 Å². The molecule has 1 amide bonds. The fourth-order valence-corrected chi connectivity index (χ4v) is 3.61. The number of hydrogen-bond acceptors (Lipinski definition) is 5. The van der Waals surface area contributed by atoms with E-state index in [1.54, 1.807) is 17.7 Å². The summed E-state index contributed by atoms with van der Waals surface area (Å²) in [6, 6.07) is 14.9. The number of amides is 1. The van der Waals surface area contributed by atoms with Gasteiger partial charge in [-0.3, -0.25) is 14.2 Å². The number of rotatable bonds is 7. The summed E-state index contributed by atoms with van der Waals surface area (Å²) in [5.74, 6) is 0.872. The molecule has 1 heterocycles. The molecule has 2 aromatic carbocycles. The number of benzene rings is 2. The number of nitrogens with one attached hydrogen (secondary N) is 1. The summed E-state index contributed by atoms with van der Waals surface area (Å²) in [6.07, 6.45) is 0. The molecule has 1 N–H and O–H groups in total. The molecule has 0 bridgehead atoms. The number of ether oxygens (including phenoxy) is 1. The minimum atomic E-state index is -0.117. The molecular formula is C21H23N3O3S. The van der Waals surface area contributed by atoms with E-state index in [0.29, 0.717) is 22.6 Å². The van der Waals surface area contributed by atoms with Gasteiger partial charge in [-0.2, -0.15) is 0 Å². The smallest absolute Gasteiger partial charge is 0.262 e. The maximum atomic E-state index is 13.1. The Bertz CT molecular complexity index is 1030. The van der Waals surface area contributed by atoms with E-state index >= 15 is 0 Å². The normalized spacial score (nSPS) is 11.0. The Balaban J connectivity index is 1.96. The molecule has 1 aromatic heterocycles. The molecule has 0 unspecified atom stereocenters. The van der Waals surface area contributed by atoms with E-state index in [0.717, 1.165) is 11.3 Å². The highest BCUT2D eigenvalue weighted by Crippen LogP contribution is 2.20. The molecule has 6 nitrogen and oxygen atoms in total. The molecule has 0 atom stereocenters. The van der Waals surface area contributed by atoms with Gasteiger partial charge in [-0.15, -0.1) is 0 Å². The summed E-state index contributed by atoms with van der Waals surface area (Å²) in [5.41, 5.74) is 1.46. The van der Waals surface area contributed by atoms with Crippen LogP contribution in [0, 0.1) is 0 Å². The standard InChI is InChI=1S/C21H23N3O3S/c1-14(2)22-19(25)13-28-21-23-18-7-5-4-6-17(18)20(26)24(21)12-15-8-10-16(27-3)11-9-15/h4-11,14H,12-13H2,1-3H3,(H,22,25). The van der Waals surface area contributed by atoms with E-state index in [1.807, 2.05) is 56.3 Å². The number of thioether (sulfide) groups is 1. The Kier molecular flexibility index (Phi) is 6.36. The van der Waals surface area contributed by atoms with E-state index < -0.39 is 0 Å². The fraction of sp³-hybridized carbons (Fsp3) is 0.286. The van der Waals surface area contributed by atoms with Crippen molar-refractivity contribution >= 4 is 28.6 Å². The van der Waals surface area contributed by atoms with Crippen molar-refractivity contribution in [3.05, 3.63) is 64.4 Å². The average Bonchev–Trinajstić information content (AvgIpc) is 2.69. The first-order valence-electron chi connectivity index (χ1n) is 9.02. The number of methoxy groups -OCH3 is 1. The summed E-state index contributed by atoms with van der Waals surface area (Å²) in [5, 5.41) is 3.95. The molecule has 0 saturated carbocycles. The second kappa shape index (κ2) is 8.93. The van der Waals surface area contributed by atoms with Gasteiger partial charge in [0.2, 0.25) is 5.91 Å². The molecule has 146 valence electrons. The van der Waals surface area contributed by atoms with Gasteiger partial charge in [0.15, 0.2) is 5.16 Å². The minimum absolute atomic E-state index is 0.0687. The molecule has 0 aliphatic heterocycles. The lowest BCUT2D eigenvalue weighted by Gasteiger charge is -2.14. The number of fused-ring (bicyclic) bond motifs is 1. The molecule has 0 aliphatic carbocycles. The van der Waals surface area contributed by atoms with Crippen LogP contribution in [0.2, 0.25) is 0 Å². The fourth-order valence-electron chi connectivity index (χ4n) is 2.80. The molecule has 7 heteroatoms. The van der Waals surface area contributed by atoms with Crippen LogP contribution in [-0.4, -0.2) is 34.4 Å². The first-order chi connectivity index (χ1) is 13.5. The van der Waals surface area contributed by atoms with Gasteiger partial charge in [0.1, 0.15) is 5.75 Å². The van der Waals surface area contributed by atoms with E-state index in [2.05, 4.69) is 10.3 Å². The second-order valence-electron chi connectivity index (χ2n) is 6.66. The van der Waals surface area contributed by atoms with Gasteiger partial charge in [0, 0.05) is 6.04 Å². The van der Waals surface area contributed by atoms with Crippen molar-refractivity contribution in [3.8, 4) is 5.75 Å². The lowest BCUT2D eigenvalue weighted by Crippen LogP contribution is -2.32. The predicted octanol–water partition coefficient (Wildman–Crippen LogP) is 3.07. The first kappa shape index (κ1) is 19.9. The third-order valence-corrected chi connectivity index (χ3v) is 5.08. The van der Waals surface area contributed by atoms with Crippen molar-refractivity contribution in [1.29, 1.82) is 0 Å². The maximum absolute atomic E-state index is 13.1. The molecular weight excluding hydrogens is 374 g/mol. The highest BCUT2D eigenvalue weighted by molar-refractivity contribution is 7.99. The second-order valence-corrected chi connectivity index (χ2v) is 7.60. The summed E-state index contributed by atoms with van der Waals surface area (Å²) < 4.78 is 6.81. The Hall–Kier alpha value is -2.80. The molecule has 0 spiro atoms. The Morgan fingerprint density at radius 2 is 1.89 bits per heavy atom. The number of nitrogens with zero attached hydrogens (tertiary/aromatic N) is 2. The van der Waals surface area contributed by atoms with Crippen LogP contribution < -0.4 is 15.6 Å². The zero-order chi connectivity index (χ0) is 20.1. The Morgan fingerprint density at radius 3 is 2.57 bits per heavy atom. The van der Waals surface area contributed by atoms with Crippen molar-refractivity contribution in [2.75, 3.05) is 12.9 Å². The highest BCUT2D eigenvalue weighted by atomic mass is 32.2. The summed E-state index contributed by atoms with van der Waals surface area (Å²) in [4.78, 5) is 29.8. The number of carbonyl (C=O) groups excluding carboxylic acids is 1. The molecule has 0 fully saturated rings. The molecule has 3 rings (SSSR count). The lowest BCUT2D eigenvalue weighted by molar-refractivity contribution is -0.119. The van der Waals surface area contributed by atoms with Gasteiger partial charge >= 0.3 is 0 Å². The summed E-state index contributed by atoms with van der Waals surface area (Å²) >= 11 is 1.27. The third kappa shape index (κ3) is 4.72. The average molecular weight is 398 g/mol. The SMILES string of the molecule is COc1ccc(Cn2c(SCC(=O)NC(C)C)nc3ccccc3c2=O)cc1. The minimum Gasteiger partial charge on any atom is -0.497 e. The van der Waals surface area contributed by atoms with Crippen molar-refractivity contribution in [1.82, 2.24) is 14.9 Å². The lowest BCUT2D eigenvalue weighted by atomic mass is 10.2. The van der Waals surface area contributed by atoms with Crippen LogP contribution in [0.3, 0.4) is 0 Å². The predicted molar refractivity (Wildman–Crippen MR) is 112 cm³/mol. The van der Waals surface area contributed by atoms with Crippen LogP contribution >= 0.6 is 11.8 Å². The van der Waals surface area contributed by atoms with Crippen LogP contribution in [-0.2, 0) is 11.3 Å². The van der Waals surface area contributed by atoms with Gasteiger partial charge in [0.05, 0.1) is 30.3 Å². The highest BCUT2D eigenvalue weighted by Gasteiger charge is 2.14. The van der Waals surface area contributed by atoms with E-state index in [4.69, 9.17) is 4.74 Å². The van der Waals surface area contributed by atoms with Crippen LogP contribution in [0.5, 0.6) is 5.75 Å². The number of carbonyl (C=O) groups is 1. The van der Waals surface area contributed by atoms with Gasteiger partial charge in [-0.05, 0) is 43.7 Å². The number of hydrogen-bond donors (Lipinski definition) is 1. The maximum Gasteiger partial charge on any atom is 0.262 e. The van der Waals surface area contributed by atoms with Gasteiger partial charge in [-0.1, -0.05) is 36.0 Å². The summed E-state index contributed by atoms with van der Waals surface area (Å²) in [6.45, 7) is 4.20. The van der Waals surface area contributed by atoms with Crippen molar-refractivity contribution in [2.45, 2.75) is 31.6 Å². The van der Waals surface area contributed by atoms with E-state index in [1.165, 1.54) is 11.8 Å². The van der Waals surface area contributed by atoms with Gasteiger partial charge < -0.3 is 10.1 Å². The molecule has 28 heavy (non-hydrogen) atoms. The quantitative estimate of drug-likeness (QED) is 0.490. The molecule has 0 saturated heterocycles. The van der Waals surface area contributed by atoms with Gasteiger partial charge in [0.25, 0.3) is 5.56 Å². The third-order valence-electron chi connectivity index (χ3n) is 4.11. The van der Waals surface area contributed by atoms with Gasteiger partial charge in [-0.25, -0.2) is 4.98 Å². The Morgan fingerprint density at radius 1 is 1.18 bits per heavy atom. The van der Waals surface area contributed by atoms with Crippen molar-refractivity contribution in [3.63, 3.8) is 0 Å². The van der Waals surface area contributed by atoms with Crippen LogP contribution in [0.1, 0.15) is 19.4 Å². The van der Waals surface area contributed by atoms with Crippen molar-refractivity contribution < 1.29 is 9.53 Å². The van der Waals surface area contributed by atoms with Crippen LogP contribution in [0.15, 0.2) is 58.5 Å². The van der Waals surface area contributed by atoms with E-state index in [-0.39, 0.29) is 23.3 Å². The first-order valence-corrected chi connectivity index (χ1v) is 10.0. The van der Waals surface area contributed by atoms with Crippen LogP contribution in [0.4, 0.5) is 0 Å². The largest absolute Gasteiger partial charge is 0.497 e. The zero-order valence-electron chi connectivity index (χ0n) is 16.1. The zero-order valence-corrected chi connectivity index (χ0v) is 17.0. The van der Waals surface area contributed by atoms with Crippen LogP contribution in [0.25, 0.3) is 10.9 Å². The number of aromatic nitrogens is 2. The Labute approximate surface area is 167 Å². The van der Waals surface area contributed by atoms with E-state index in [9.17, 15) is 9.59 Å². The monoisotopic (exact) mass is 397 g/mol. The summed E-state index contributed by atoms with van der Waals surface area (Å²) in [7, 11) is 1.61. The topological polar surface area (TPSA) is 73.2 Å². The molecule has 0 radical (unpaired) electrons. The molecule has 0 aliphatic rings. The number of para-hydroxylation sites is 1.